The van der Waals surface area contributed by atoms with Crippen molar-refractivity contribution in [2.45, 2.75) is 38.1 Å². The second-order valence-electron chi connectivity index (χ2n) is 5.14. The zero-order valence-corrected chi connectivity index (χ0v) is 12.0. The Morgan fingerprint density at radius 3 is 2.52 bits per heavy atom. The fourth-order valence-corrected chi connectivity index (χ4v) is 2.59. The summed E-state index contributed by atoms with van der Waals surface area (Å²) in [6.07, 6.45) is -2.76. The number of likely N-dealkylation sites (tertiary alicyclic amines) is 1. The molecule has 2 rings (SSSR count). The number of hydrogen-bond donors (Lipinski definition) is 2. The van der Waals surface area contributed by atoms with Crippen LogP contribution < -0.4 is 0 Å². The SMILES string of the molecule is CC(=O)OC[C@@H]1[C@H](O)[C@H](O)C(=O)N1[C@H](C)c1ccccc1. The van der Waals surface area contributed by atoms with Crippen LogP contribution in [0.15, 0.2) is 30.3 Å². The molecule has 1 saturated heterocycles. The van der Waals surface area contributed by atoms with E-state index in [1.165, 1.54) is 11.8 Å². The van der Waals surface area contributed by atoms with Gasteiger partial charge in [0.15, 0.2) is 6.10 Å². The molecule has 0 spiro atoms. The van der Waals surface area contributed by atoms with Gasteiger partial charge in [-0.25, -0.2) is 0 Å². The lowest BCUT2D eigenvalue weighted by Gasteiger charge is -2.31. The zero-order chi connectivity index (χ0) is 15.6. The Labute approximate surface area is 122 Å². The van der Waals surface area contributed by atoms with E-state index in [1.54, 1.807) is 6.92 Å². The molecule has 1 aromatic rings. The lowest BCUT2D eigenvalue weighted by molar-refractivity contribution is -0.146. The van der Waals surface area contributed by atoms with Crippen LogP contribution in [0.4, 0.5) is 0 Å². The fraction of sp³-hybridized carbons (Fsp3) is 0.467. The zero-order valence-electron chi connectivity index (χ0n) is 12.0. The highest BCUT2D eigenvalue weighted by Gasteiger charge is 2.48. The molecule has 2 N–H and O–H groups in total. The number of rotatable bonds is 4. The minimum atomic E-state index is -1.49. The highest BCUT2D eigenvalue weighted by Crippen LogP contribution is 2.30. The van der Waals surface area contributed by atoms with Crippen LogP contribution in [0.5, 0.6) is 0 Å². The summed E-state index contributed by atoms with van der Waals surface area (Å²) in [7, 11) is 0. The van der Waals surface area contributed by atoms with Crippen LogP contribution in [0.2, 0.25) is 0 Å². The summed E-state index contributed by atoms with van der Waals surface area (Å²) in [6, 6.07) is 8.18. The summed E-state index contributed by atoms with van der Waals surface area (Å²) in [5.74, 6) is -1.06. The number of carbonyl (C=O) groups excluding carboxylic acids is 2. The molecule has 0 aliphatic carbocycles. The second kappa shape index (κ2) is 6.24. The van der Waals surface area contributed by atoms with Crippen molar-refractivity contribution in [3.63, 3.8) is 0 Å². The number of carbonyl (C=O) groups is 2. The molecule has 0 saturated carbocycles. The van der Waals surface area contributed by atoms with E-state index in [2.05, 4.69) is 0 Å². The van der Waals surface area contributed by atoms with Gasteiger partial charge in [-0.1, -0.05) is 30.3 Å². The van der Waals surface area contributed by atoms with Crippen molar-refractivity contribution < 1.29 is 24.5 Å². The second-order valence-corrected chi connectivity index (χ2v) is 5.14. The van der Waals surface area contributed by atoms with Gasteiger partial charge < -0.3 is 19.8 Å². The van der Waals surface area contributed by atoms with Gasteiger partial charge in [0.1, 0.15) is 12.7 Å². The molecule has 1 fully saturated rings. The van der Waals surface area contributed by atoms with Crippen molar-refractivity contribution in [1.82, 2.24) is 4.90 Å². The normalized spacial score (nSPS) is 26.8. The molecule has 0 bridgehead atoms. The third-order valence-corrected chi connectivity index (χ3v) is 3.74. The van der Waals surface area contributed by atoms with E-state index in [0.29, 0.717) is 0 Å². The van der Waals surface area contributed by atoms with Crippen molar-refractivity contribution in [1.29, 1.82) is 0 Å². The lowest BCUT2D eigenvalue weighted by atomic mass is 10.1. The van der Waals surface area contributed by atoms with Crippen molar-refractivity contribution in [3.8, 4) is 0 Å². The molecule has 1 aromatic carbocycles. The number of esters is 1. The van der Waals surface area contributed by atoms with Crippen LogP contribution in [-0.4, -0.2) is 51.8 Å². The number of benzene rings is 1. The number of hydrogen-bond acceptors (Lipinski definition) is 5. The topological polar surface area (TPSA) is 87.1 Å². The lowest BCUT2D eigenvalue weighted by Crippen LogP contribution is -2.42. The van der Waals surface area contributed by atoms with Crippen molar-refractivity contribution in [2.75, 3.05) is 6.61 Å². The number of ether oxygens (including phenoxy) is 1. The first-order valence-electron chi connectivity index (χ1n) is 6.80. The summed E-state index contributed by atoms with van der Waals surface area (Å²) in [5.41, 5.74) is 0.875. The average molecular weight is 293 g/mol. The Morgan fingerprint density at radius 2 is 1.95 bits per heavy atom. The van der Waals surface area contributed by atoms with Gasteiger partial charge in [-0.2, -0.15) is 0 Å². The summed E-state index contributed by atoms with van der Waals surface area (Å²) >= 11 is 0. The van der Waals surface area contributed by atoms with E-state index in [4.69, 9.17) is 4.74 Å². The molecule has 0 unspecified atom stereocenters. The number of nitrogens with zero attached hydrogens (tertiary/aromatic N) is 1. The molecule has 0 radical (unpaired) electrons. The van der Waals surface area contributed by atoms with Crippen LogP contribution in [0.1, 0.15) is 25.5 Å². The van der Waals surface area contributed by atoms with Crippen LogP contribution in [0.25, 0.3) is 0 Å². The predicted molar refractivity (Wildman–Crippen MR) is 74.1 cm³/mol. The summed E-state index contributed by atoms with van der Waals surface area (Å²) < 4.78 is 4.91. The van der Waals surface area contributed by atoms with E-state index in [9.17, 15) is 19.8 Å². The highest BCUT2D eigenvalue weighted by molar-refractivity contribution is 5.85. The Balaban J connectivity index is 2.24. The Morgan fingerprint density at radius 1 is 1.33 bits per heavy atom. The Bertz CT molecular complexity index is 518. The quantitative estimate of drug-likeness (QED) is 0.777. The summed E-state index contributed by atoms with van der Waals surface area (Å²) in [4.78, 5) is 24.5. The average Bonchev–Trinajstić information content (AvgIpc) is 2.69. The van der Waals surface area contributed by atoms with Crippen LogP contribution in [0.3, 0.4) is 0 Å². The molecule has 1 amide bonds. The van der Waals surface area contributed by atoms with Gasteiger partial charge in [0, 0.05) is 6.92 Å². The largest absolute Gasteiger partial charge is 0.464 e. The molecular weight excluding hydrogens is 274 g/mol. The predicted octanol–water partition coefficient (Wildman–Crippen LogP) is 0.243. The minimum absolute atomic E-state index is 0.142. The third-order valence-electron chi connectivity index (χ3n) is 3.74. The maximum Gasteiger partial charge on any atom is 0.302 e. The third kappa shape index (κ3) is 3.06. The first-order chi connectivity index (χ1) is 9.93. The molecule has 6 heteroatoms. The molecule has 1 heterocycles. The van der Waals surface area contributed by atoms with Gasteiger partial charge in [-0.15, -0.1) is 0 Å². The first-order valence-corrected chi connectivity index (χ1v) is 6.80. The fourth-order valence-electron chi connectivity index (χ4n) is 2.59. The van der Waals surface area contributed by atoms with Crippen molar-refractivity contribution in [2.24, 2.45) is 0 Å². The van der Waals surface area contributed by atoms with E-state index in [1.807, 2.05) is 30.3 Å². The number of aliphatic hydroxyl groups is 2. The highest BCUT2D eigenvalue weighted by atomic mass is 16.5. The molecule has 21 heavy (non-hydrogen) atoms. The summed E-state index contributed by atoms with van der Waals surface area (Å²) in [5, 5.41) is 19.8. The van der Waals surface area contributed by atoms with Gasteiger partial charge >= 0.3 is 5.97 Å². The van der Waals surface area contributed by atoms with E-state index in [-0.39, 0.29) is 12.6 Å². The van der Waals surface area contributed by atoms with E-state index < -0.39 is 30.1 Å². The molecule has 4 atom stereocenters. The van der Waals surface area contributed by atoms with Gasteiger partial charge in [0.25, 0.3) is 5.91 Å². The van der Waals surface area contributed by atoms with Crippen molar-refractivity contribution in [3.05, 3.63) is 35.9 Å². The van der Waals surface area contributed by atoms with Gasteiger partial charge in [-0.3, -0.25) is 9.59 Å². The standard InChI is InChI=1S/C15H19NO5/c1-9(11-6-4-3-5-7-11)16-12(8-21-10(2)17)13(18)14(19)15(16)20/h3-7,9,12-14,18-19H,8H2,1-2H3/t9-,12-,13+,14+/m1/s1. The minimum Gasteiger partial charge on any atom is -0.464 e. The molecule has 1 aliphatic heterocycles. The molecule has 6 nitrogen and oxygen atoms in total. The molecule has 1 aliphatic rings. The van der Waals surface area contributed by atoms with Gasteiger partial charge in [0.2, 0.25) is 0 Å². The molecule has 0 aromatic heterocycles. The maximum absolute atomic E-state index is 12.2. The van der Waals surface area contributed by atoms with Gasteiger partial charge in [0.05, 0.1) is 12.1 Å². The number of aliphatic hydroxyl groups excluding tert-OH is 2. The van der Waals surface area contributed by atoms with Gasteiger partial charge in [-0.05, 0) is 12.5 Å². The van der Waals surface area contributed by atoms with Crippen LogP contribution >= 0.6 is 0 Å². The van der Waals surface area contributed by atoms with E-state index >= 15 is 0 Å². The Kier molecular flexibility index (Phi) is 4.59. The monoisotopic (exact) mass is 293 g/mol. The molecule has 114 valence electrons. The van der Waals surface area contributed by atoms with E-state index in [0.717, 1.165) is 5.56 Å². The maximum atomic E-state index is 12.2. The number of amides is 1. The smallest absolute Gasteiger partial charge is 0.302 e. The molecular formula is C15H19NO5. The summed E-state index contributed by atoms with van der Waals surface area (Å²) in [6.45, 7) is 2.92. The van der Waals surface area contributed by atoms with Crippen LogP contribution in [0, 0.1) is 0 Å². The van der Waals surface area contributed by atoms with Crippen molar-refractivity contribution >= 4 is 11.9 Å². The Hall–Kier alpha value is -1.92. The first kappa shape index (κ1) is 15.5. The van der Waals surface area contributed by atoms with Crippen LogP contribution in [-0.2, 0) is 14.3 Å².